The molecule has 0 radical (unpaired) electrons. The van der Waals surface area contributed by atoms with E-state index in [1.165, 1.54) is 5.56 Å². The molecule has 0 bridgehead atoms. The van der Waals surface area contributed by atoms with E-state index >= 15 is 0 Å². The number of benzene rings is 1. The van der Waals surface area contributed by atoms with E-state index in [1.807, 2.05) is 12.1 Å². The molecule has 1 aromatic rings. The summed E-state index contributed by atoms with van der Waals surface area (Å²) in [6.45, 7) is 6.54. The predicted octanol–water partition coefficient (Wildman–Crippen LogP) is 4.14. The van der Waals surface area contributed by atoms with Gasteiger partial charge in [0.05, 0.1) is 7.11 Å². The SMILES string of the molecule is COc1ccc(OC2CC(Cl)C2)c(C(C)(C)C)c1. The molecule has 0 aromatic heterocycles. The van der Waals surface area contributed by atoms with E-state index in [4.69, 9.17) is 21.1 Å². The Balaban J connectivity index is 2.22. The zero-order valence-corrected chi connectivity index (χ0v) is 12.3. The van der Waals surface area contributed by atoms with Crippen LogP contribution in [0.5, 0.6) is 11.5 Å². The lowest BCUT2D eigenvalue weighted by Gasteiger charge is -2.33. The van der Waals surface area contributed by atoms with Crippen molar-refractivity contribution in [2.45, 2.75) is 50.5 Å². The molecule has 2 nitrogen and oxygen atoms in total. The first-order valence-corrected chi connectivity index (χ1v) is 6.83. The lowest BCUT2D eigenvalue weighted by molar-refractivity contribution is 0.121. The van der Waals surface area contributed by atoms with Crippen LogP contribution in [0.2, 0.25) is 0 Å². The molecule has 0 N–H and O–H groups in total. The van der Waals surface area contributed by atoms with Crippen LogP contribution in [0.4, 0.5) is 0 Å². The van der Waals surface area contributed by atoms with Gasteiger partial charge in [-0.25, -0.2) is 0 Å². The van der Waals surface area contributed by atoms with Crippen molar-refractivity contribution in [3.8, 4) is 11.5 Å². The molecule has 1 saturated carbocycles. The number of halogens is 1. The molecule has 0 unspecified atom stereocenters. The summed E-state index contributed by atoms with van der Waals surface area (Å²) in [5, 5.41) is 0.284. The van der Waals surface area contributed by atoms with Crippen molar-refractivity contribution in [1.29, 1.82) is 0 Å². The monoisotopic (exact) mass is 268 g/mol. The standard InChI is InChI=1S/C15H21ClO2/c1-15(2,3)13-9-11(17-4)5-6-14(13)18-12-7-10(16)8-12/h5-6,9-10,12H,7-8H2,1-4H3. The van der Waals surface area contributed by atoms with Gasteiger partial charge in [-0.15, -0.1) is 11.6 Å². The predicted molar refractivity (Wildman–Crippen MR) is 75.0 cm³/mol. The van der Waals surface area contributed by atoms with Gasteiger partial charge in [-0.05, 0) is 23.6 Å². The summed E-state index contributed by atoms with van der Waals surface area (Å²) in [5.74, 6) is 1.83. The third-order valence-electron chi connectivity index (χ3n) is 3.33. The van der Waals surface area contributed by atoms with E-state index in [2.05, 4.69) is 26.8 Å². The highest BCUT2D eigenvalue weighted by Gasteiger charge is 2.30. The topological polar surface area (TPSA) is 18.5 Å². The normalized spacial score (nSPS) is 23.4. The molecule has 2 rings (SSSR count). The number of hydrogen-bond donors (Lipinski definition) is 0. The Kier molecular flexibility index (Phi) is 3.76. The van der Waals surface area contributed by atoms with E-state index in [1.54, 1.807) is 7.11 Å². The second-order valence-electron chi connectivity index (χ2n) is 5.92. The number of hydrogen-bond acceptors (Lipinski definition) is 2. The van der Waals surface area contributed by atoms with E-state index in [0.717, 1.165) is 24.3 Å². The van der Waals surface area contributed by atoms with Crippen LogP contribution >= 0.6 is 11.6 Å². The van der Waals surface area contributed by atoms with Gasteiger partial charge in [0.2, 0.25) is 0 Å². The van der Waals surface area contributed by atoms with Gasteiger partial charge in [0.25, 0.3) is 0 Å². The van der Waals surface area contributed by atoms with Crippen LogP contribution in [0.1, 0.15) is 39.2 Å². The van der Waals surface area contributed by atoms with Crippen LogP contribution in [0.3, 0.4) is 0 Å². The summed E-state index contributed by atoms with van der Waals surface area (Å²) < 4.78 is 11.3. The Bertz CT molecular complexity index is 417. The highest BCUT2D eigenvalue weighted by Crippen LogP contribution is 2.37. The zero-order chi connectivity index (χ0) is 13.3. The Morgan fingerprint density at radius 1 is 1.22 bits per heavy atom. The maximum atomic E-state index is 6.04. The van der Waals surface area contributed by atoms with Gasteiger partial charge in [0, 0.05) is 23.8 Å². The molecule has 0 saturated heterocycles. The molecule has 0 atom stereocenters. The summed E-state index contributed by atoms with van der Waals surface area (Å²) in [7, 11) is 1.69. The van der Waals surface area contributed by atoms with Gasteiger partial charge in [0.1, 0.15) is 17.6 Å². The number of rotatable bonds is 3. The second kappa shape index (κ2) is 5.00. The van der Waals surface area contributed by atoms with Crippen molar-refractivity contribution in [3.05, 3.63) is 23.8 Å². The Labute approximate surface area is 114 Å². The third-order valence-corrected chi connectivity index (χ3v) is 3.68. The van der Waals surface area contributed by atoms with Crippen LogP contribution in [0.25, 0.3) is 0 Å². The summed E-state index contributed by atoms with van der Waals surface area (Å²) in [4.78, 5) is 0. The fourth-order valence-corrected chi connectivity index (χ4v) is 2.50. The van der Waals surface area contributed by atoms with Crippen molar-refractivity contribution >= 4 is 11.6 Å². The lowest BCUT2D eigenvalue weighted by atomic mass is 9.86. The molecule has 1 aliphatic rings. The van der Waals surface area contributed by atoms with Gasteiger partial charge >= 0.3 is 0 Å². The van der Waals surface area contributed by atoms with Gasteiger partial charge in [0.15, 0.2) is 0 Å². The third kappa shape index (κ3) is 2.92. The maximum absolute atomic E-state index is 6.04. The summed E-state index contributed by atoms with van der Waals surface area (Å²) in [6, 6.07) is 6.01. The summed E-state index contributed by atoms with van der Waals surface area (Å²) in [5.41, 5.74) is 1.22. The largest absolute Gasteiger partial charge is 0.497 e. The molecule has 1 aliphatic carbocycles. The minimum Gasteiger partial charge on any atom is -0.497 e. The molecular weight excluding hydrogens is 248 g/mol. The van der Waals surface area contributed by atoms with Crippen LogP contribution in [0, 0.1) is 0 Å². The number of methoxy groups -OCH3 is 1. The molecule has 0 heterocycles. The highest BCUT2D eigenvalue weighted by atomic mass is 35.5. The van der Waals surface area contributed by atoms with Crippen LogP contribution in [-0.2, 0) is 5.41 Å². The molecular formula is C15H21ClO2. The summed E-state index contributed by atoms with van der Waals surface area (Å²) >= 11 is 5.99. The van der Waals surface area contributed by atoms with Crippen molar-refractivity contribution in [1.82, 2.24) is 0 Å². The van der Waals surface area contributed by atoms with Crippen LogP contribution < -0.4 is 9.47 Å². The van der Waals surface area contributed by atoms with Gasteiger partial charge in [-0.2, -0.15) is 0 Å². The van der Waals surface area contributed by atoms with E-state index in [9.17, 15) is 0 Å². The second-order valence-corrected chi connectivity index (χ2v) is 6.54. The fraction of sp³-hybridized carbons (Fsp3) is 0.600. The Hall–Kier alpha value is -0.890. The number of ether oxygens (including phenoxy) is 2. The van der Waals surface area contributed by atoms with Crippen molar-refractivity contribution in [3.63, 3.8) is 0 Å². The molecule has 1 fully saturated rings. The van der Waals surface area contributed by atoms with Gasteiger partial charge < -0.3 is 9.47 Å². The zero-order valence-electron chi connectivity index (χ0n) is 11.5. The fourth-order valence-electron chi connectivity index (χ4n) is 2.10. The first-order chi connectivity index (χ1) is 8.40. The average Bonchev–Trinajstić information content (AvgIpc) is 2.26. The van der Waals surface area contributed by atoms with E-state index in [-0.39, 0.29) is 16.9 Å². The minimum absolute atomic E-state index is 0.0357. The molecule has 0 amide bonds. The number of alkyl halides is 1. The lowest BCUT2D eigenvalue weighted by Crippen LogP contribution is -2.34. The smallest absolute Gasteiger partial charge is 0.123 e. The van der Waals surface area contributed by atoms with Gasteiger partial charge in [-0.3, -0.25) is 0 Å². The molecule has 18 heavy (non-hydrogen) atoms. The molecule has 1 aromatic carbocycles. The van der Waals surface area contributed by atoms with Crippen molar-refractivity contribution in [2.75, 3.05) is 7.11 Å². The van der Waals surface area contributed by atoms with Crippen molar-refractivity contribution in [2.24, 2.45) is 0 Å². The Morgan fingerprint density at radius 3 is 2.39 bits per heavy atom. The maximum Gasteiger partial charge on any atom is 0.123 e. The van der Waals surface area contributed by atoms with E-state index in [0.29, 0.717) is 0 Å². The average molecular weight is 269 g/mol. The quantitative estimate of drug-likeness (QED) is 0.767. The summed E-state index contributed by atoms with van der Waals surface area (Å²) in [6.07, 6.45) is 2.15. The molecule has 0 aliphatic heterocycles. The minimum atomic E-state index is 0.0357. The van der Waals surface area contributed by atoms with Crippen molar-refractivity contribution < 1.29 is 9.47 Å². The van der Waals surface area contributed by atoms with Gasteiger partial charge in [-0.1, -0.05) is 20.8 Å². The van der Waals surface area contributed by atoms with Crippen LogP contribution in [-0.4, -0.2) is 18.6 Å². The molecule has 0 spiro atoms. The first-order valence-electron chi connectivity index (χ1n) is 6.39. The highest BCUT2D eigenvalue weighted by molar-refractivity contribution is 6.21. The molecule has 100 valence electrons. The van der Waals surface area contributed by atoms with E-state index < -0.39 is 0 Å². The first kappa shape index (κ1) is 13.5. The molecule has 3 heteroatoms. The Morgan fingerprint density at radius 2 is 1.89 bits per heavy atom. The van der Waals surface area contributed by atoms with Crippen LogP contribution in [0.15, 0.2) is 18.2 Å².